The fraction of sp³-hybridized carbons (Fsp3) is 0.293. The van der Waals surface area contributed by atoms with Gasteiger partial charge in [0.15, 0.2) is 0 Å². The van der Waals surface area contributed by atoms with Crippen LogP contribution in [0.3, 0.4) is 0 Å². The SMILES string of the molecule is Cc1cc(C(C)(C)C)cc(C)c1-c1c2cccc3ccc4c(-c5c(C)cc(C(C)(C)C)cc5C)c5cc6c(-c7c(C)cc(C(C)(C)C)cc7C)c7cccc8ccc9c(-c%10c(C)cc(C(C)(C)C)cc%10C)c%10cc1c(c4c32)c5c%10c6c9c87. The molecule has 0 radical (unpaired) electrons. The zero-order chi connectivity index (χ0) is 58.1. The van der Waals surface area contributed by atoms with Gasteiger partial charge >= 0.3 is 0 Å². The Kier molecular flexibility index (Phi) is 10.9. The fourth-order valence-corrected chi connectivity index (χ4v) is 15.9. The maximum Gasteiger partial charge on any atom is -0.000672 e. The van der Waals surface area contributed by atoms with Crippen LogP contribution >= 0.6 is 0 Å². The van der Waals surface area contributed by atoms with E-state index in [1.54, 1.807) is 0 Å². The fourth-order valence-electron chi connectivity index (χ4n) is 15.9. The minimum Gasteiger partial charge on any atom is -0.0610 e. The van der Waals surface area contributed by atoms with Gasteiger partial charge in [-0.2, -0.15) is 0 Å². The van der Waals surface area contributed by atoms with E-state index in [-0.39, 0.29) is 21.7 Å². The average molecular weight is 1070 g/mol. The van der Waals surface area contributed by atoms with E-state index in [1.807, 2.05) is 0 Å². The third-order valence-corrected chi connectivity index (χ3v) is 19.7. The molecular formula is C82H80. The van der Waals surface area contributed by atoms with E-state index >= 15 is 0 Å². The van der Waals surface area contributed by atoms with Crippen molar-refractivity contribution in [3.63, 3.8) is 0 Å². The first-order valence-corrected chi connectivity index (χ1v) is 30.3. The topological polar surface area (TPSA) is 0 Å². The molecule has 82 heavy (non-hydrogen) atoms. The highest BCUT2D eigenvalue weighted by molar-refractivity contribution is 6.52. The van der Waals surface area contributed by atoms with Crippen molar-refractivity contribution >= 4 is 97.0 Å². The molecule has 0 saturated carbocycles. The van der Waals surface area contributed by atoms with Gasteiger partial charge in [-0.05, 0) is 297 Å². The van der Waals surface area contributed by atoms with Gasteiger partial charge in [0.05, 0.1) is 0 Å². The van der Waals surface area contributed by atoms with E-state index in [0.29, 0.717) is 0 Å². The van der Waals surface area contributed by atoms with Crippen LogP contribution in [0.15, 0.2) is 121 Å². The van der Waals surface area contributed by atoms with Crippen molar-refractivity contribution in [2.75, 3.05) is 0 Å². The zero-order valence-electron chi connectivity index (χ0n) is 52.5. The molecule has 14 aromatic rings. The summed E-state index contributed by atoms with van der Waals surface area (Å²) in [6, 6.07) is 49.6. The summed E-state index contributed by atoms with van der Waals surface area (Å²) in [6.07, 6.45) is 0. The van der Waals surface area contributed by atoms with Gasteiger partial charge in [-0.25, -0.2) is 0 Å². The van der Waals surface area contributed by atoms with Crippen molar-refractivity contribution in [3.05, 3.63) is 188 Å². The minimum absolute atomic E-state index is 0.00296. The molecule has 0 nitrogen and oxygen atoms in total. The van der Waals surface area contributed by atoms with E-state index in [4.69, 9.17) is 0 Å². The normalized spacial score (nSPS) is 13.4. The largest absolute Gasteiger partial charge is 0.0610 e. The smallest absolute Gasteiger partial charge is 0.000672 e. The van der Waals surface area contributed by atoms with Crippen LogP contribution in [0.4, 0.5) is 0 Å². The standard InChI is InChI=1S/C82H80/c1-41-31-51(79(9,10)11)32-42(2)63(41)69-55-25-21-23-49-27-29-57-72(66-47(7)37-54(38-48(66)8)82(18,19)20)62-40-60-70(64-43(3)33-52(34-44(64)4)80(12,13)14)56-26-22-24-50-28-30-58-71(65-45(5)35-53(36-46(65)6)81(15,16)17)61-39-59(69)75(73(57)67(49)55)77(62)78(61)76(60)74(58)68(50)56/h21-40H,1-20H3. The van der Waals surface area contributed by atoms with Gasteiger partial charge in [0.25, 0.3) is 0 Å². The predicted octanol–water partition coefficient (Wildman–Crippen LogP) is 24.1. The van der Waals surface area contributed by atoms with Crippen LogP contribution in [0.1, 0.15) is 150 Å². The van der Waals surface area contributed by atoms with Crippen LogP contribution in [-0.4, -0.2) is 0 Å². The Bertz CT molecular complexity index is 4640. The van der Waals surface area contributed by atoms with E-state index in [0.717, 1.165) is 0 Å². The van der Waals surface area contributed by atoms with Crippen molar-refractivity contribution in [1.82, 2.24) is 0 Å². The Morgan fingerprint density at radius 2 is 0.402 bits per heavy atom. The number of hydrogen-bond acceptors (Lipinski definition) is 0. The molecule has 0 spiro atoms. The van der Waals surface area contributed by atoms with E-state index in [1.165, 1.54) is 208 Å². The molecule has 0 heteroatoms. The number of benzene rings is 14. The number of rotatable bonds is 4. The van der Waals surface area contributed by atoms with Crippen LogP contribution in [0, 0.1) is 55.4 Å². The lowest BCUT2D eigenvalue weighted by Gasteiger charge is -2.31. The molecule has 0 fully saturated rings. The highest BCUT2D eigenvalue weighted by Gasteiger charge is 2.34. The molecule has 0 unspecified atom stereocenters. The Morgan fingerprint density at radius 3 is 0.622 bits per heavy atom. The maximum absolute atomic E-state index is 2.72. The van der Waals surface area contributed by atoms with Crippen LogP contribution in [0.5, 0.6) is 0 Å². The van der Waals surface area contributed by atoms with Crippen LogP contribution in [0.25, 0.3) is 141 Å². The van der Waals surface area contributed by atoms with E-state index in [2.05, 4.69) is 260 Å². The van der Waals surface area contributed by atoms with Crippen LogP contribution < -0.4 is 0 Å². The lowest BCUT2D eigenvalue weighted by molar-refractivity contribution is 0.589. The Labute approximate surface area is 486 Å². The Balaban J connectivity index is 1.34. The molecule has 14 rings (SSSR count). The van der Waals surface area contributed by atoms with Crippen molar-refractivity contribution in [3.8, 4) is 44.5 Å². The van der Waals surface area contributed by atoms with E-state index < -0.39 is 0 Å². The molecule has 0 saturated heterocycles. The average Bonchev–Trinajstić information content (AvgIpc) is 0.680. The summed E-state index contributed by atoms with van der Waals surface area (Å²) in [5, 5.41) is 24.4. The van der Waals surface area contributed by atoms with Crippen molar-refractivity contribution in [1.29, 1.82) is 0 Å². The molecule has 0 heterocycles. The summed E-state index contributed by atoms with van der Waals surface area (Å²) in [6.45, 7) is 47.4. The second-order valence-electron chi connectivity index (χ2n) is 29.7. The van der Waals surface area contributed by atoms with Crippen molar-refractivity contribution in [2.45, 2.75) is 160 Å². The first kappa shape index (κ1) is 52.5. The van der Waals surface area contributed by atoms with Gasteiger partial charge < -0.3 is 0 Å². The van der Waals surface area contributed by atoms with Gasteiger partial charge in [-0.3, -0.25) is 0 Å². The lowest BCUT2D eigenvalue weighted by Crippen LogP contribution is -2.12. The summed E-state index contributed by atoms with van der Waals surface area (Å²) in [5.74, 6) is 0. The molecule has 0 aliphatic carbocycles. The second-order valence-corrected chi connectivity index (χ2v) is 29.7. The molecule has 0 aliphatic rings. The molecule has 0 atom stereocenters. The van der Waals surface area contributed by atoms with Gasteiger partial charge in [-0.15, -0.1) is 0 Å². The maximum atomic E-state index is 2.72. The van der Waals surface area contributed by atoms with Gasteiger partial charge in [-0.1, -0.05) is 192 Å². The van der Waals surface area contributed by atoms with E-state index in [9.17, 15) is 0 Å². The second kappa shape index (κ2) is 17.0. The number of hydrogen-bond donors (Lipinski definition) is 0. The first-order chi connectivity index (χ1) is 38.5. The molecule has 14 aromatic carbocycles. The predicted molar refractivity (Wildman–Crippen MR) is 363 cm³/mol. The molecular weight excluding hydrogens is 985 g/mol. The highest BCUT2D eigenvalue weighted by atomic mass is 14.4. The van der Waals surface area contributed by atoms with Crippen molar-refractivity contribution in [2.24, 2.45) is 0 Å². The van der Waals surface area contributed by atoms with Crippen molar-refractivity contribution < 1.29 is 0 Å². The Morgan fingerprint density at radius 1 is 0.195 bits per heavy atom. The Hall–Kier alpha value is -7.54. The molecule has 408 valence electrons. The lowest BCUT2D eigenvalue weighted by atomic mass is 9.72. The number of aryl methyl sites for hydroxylation is 8. The summed E-state index contributed by atoms with van der Waals surface area (Å²) in [4.78, 5) is 0. The third kappa shape index (κ3) is 7.22. The molecule has 0 N–H and O–H groups in total. The summed E-state index contributed by atoms with van der Waals surface area (Å²) < 4.78 is 0. The summed E-state index contributed by atoms with van der Waals surface area (Å²) in [5.41, 5.74) is 27.0. The minimum atomic E-state index is -0.00296. The third-order valence-electron chi connectivity index (χ3n) is 19.7. The molecule has 0 bridgehead atoms. The first-order valence-electron chi connectivity index (χ1n) is 30.3. The van der Waals surface area contributed by atoms with Gasteiger partial charge in [0.2, 0.25) is 0 Å². The van der Waals surface area contributed by atoms with Crippen LogP contribution in [0.2, 0.25) is 0 Å². The molecule has 0 amide bonds. The van der Waals surface area contributed by atoms with Gasteiger partial charge in [0.1, 0.15) is 0 Å². The van der Waals surface area contributed by atoms with Gasteiger partial charge in [0, 0.05) is 0 Å². The zero-order valence-corrected chi connectivity index (χ0v) is 52.5. The molecule has 0 aliphatic heterocycles. The summed E-state index contributed by atoms with van der Waals surface area (Å²) in [7, 11) is 0. The molecule has 0 aromatic heterocycles. The monoisotopic (exact) mass is 1060 g/mol. The van der Waals surface area contributed by atoms with Crippen LogP contribution in [-0.2, 0) is 21.7 Å². The highest BCUT2D eigenvalue weighted by Crippen LogP contribution is 2.61. The quantitative estimate of drug-likeness (QED) is 0.122. The summed E-state index contributed by atoms with van der Waals surface area (Å²) >= 11 is 0.